The van der Waals surface area contributed by atoms with Gasteiger partial charge in [-0.25, -0.2) is 4.79 Å². The number of fused-ring (bicyclic) bond motifs is 9. The summed E-state index contributed by atoms with van der Waals surface area (Å²) in [6.07, 6.45) is 8.53. The fraction of sp³-hybridized carbons (Fsp3) is 0.442. The van der Waals surface area contributed by atoms with Gasteiger partial charge in [-0.3, -0.25) is 4.79 Å². The van der Waals surface area contributed by atoms with Crippen LogP contribution in [0.5, 0.6) is 5.75 Å². The van der Waals surface area contributed by atoms with E-state index in [4.69, 9.17) is 13.9 Å². The molecule has 4 aromatic rings. The number of ketones is 1. The third kappa shape index (κ3) is 7.41. The number of ether oxygens (including phenoxy) is 2. The Bertz CT molecular complexity index is 1890. The number of hydrogen-bond acceptors (Lipinski definition) is 7. The van der Waals surface area contributed by atoms with Gasteiger partial charge in [-0.15, -0.1) is 0 Å². The Kier molecular flexibility index (Phi) is 10.2. The molecule has 2 heterocycles. The zero-order valence-electron chi connectivity index (χ0n) is 29.7. The summed E-state index contributed by atoms with van der Waals surface area (Å²) < 4.78 is 17.6. The fourth-order valence-corrected chi connectivity index (χ4v) is 8.69. The molecule has 3 aliphatic carbocycles. The van der Waals surface area contributed by atoms with Crippen molar-refractivity contribution >= 4 is 22.6 Å². The molecule has 1 amide bonds. The molecule has 2 fully saturated rings. The Morgan fingerprint density at radius 2 is 1.82 bits per heavy atom. The summed E-state index contributed by atoms with van der Waals surface area (Å²) in [7, 11) is 0. The fourth-order valence-electron chi connectivity index (χ4n) is 8.69. The summed E-state index contributed by atoms with van der Waals surface area (Å²) in [4.78, 5) is 29.8. The molecule has 8 nitrogen and oxygen atoms in total. The van der Waals surface area contributed by atoms with Crippen LogP contribution in [0.2, 0.25) is 0 Å². The molecule has 51 heavy (non-hydrogen) atoms. The zero-order chi connectivity index (χ0) is 35.6. The normalized spacial score (nSPS) is 26.7. The maximum Gasteiger partial charge on any atom is 0.415 e. The summed E-state index contributed by atoms with van der Waals surface area (Å²) in [5.74, 6) is 0.297. The number of furan rings is 1. The first kappa shape index (κ1) is 35.2. The molecule has 2 bridgehead atoms. The van der Waals surface area contributed by atoms with E-state index < -0.39 is 23.2 Å². The number of hydrogen-bond donors (Lipinski definition) is 2. The van der Waals surface area contributed by atoms with Gasteiger partial charge in [0.25, 0.3) is 0 Å². The van der Waals surface area contributed by atoms with Crippen LogP contribution in [0.1, 0.15) is 98.4 Å². The average Bonchev–Trinajstić information content (AvgIpc) is 3.90. The number of benzene rings is 3. The maximum atomic E-state index is 14.1. The Morgan fingerprint density at radius 3 is 2.61 bits per heavy atom. The van der Waals surface area contributed by atoms with Crippen molar-refractivity contribution in [2.24, 2.45) is 5.41 Å². The van der Waals surface area contributed by atoms with Gasteiger partial charge in [0.1, 0.15) is 5.75 Å². The minimum Gasteiger partial charge on any atom is -0.461 e. The number of nitrogens with zero attached hydrogens (tertiary/aromatic N) is 1. The van der Waals surface area contributed by atoms with Crippen LogP contribution in [0.3, 0.4) is 0 Å². The first-order valence-corrected chi connectivity index (χ1v) is 18.5. The minimum absolute atomic E-state index is 0.0701. The first-order valence-electron chi connectivity index (χ1n) is 18.5. The van der Waals surface area contributed by atoms with E-state index in [1.54, 1.807) is 23.1 Å². The van der Waals surface area contributed by atoms with Crippen LogP contribution in [0, 0.1) is 5.41 Å². The van der Waals surface area contributed by atoms with Gasteiger partial charge in [-0.2, -0.15) is 0 Å². The lowest BCUT2D eigenvalue weighted by atomic mass is 9.64. The third-order valence-corrected chi connectivity index (χ3v) is 11.7. The molecule has 268 valence electrons. The van der Waals surface area contributed by atoms with Crippen molar-refractivity contribution in [1.29, 1.82) is 0 Å². The summed E-state index contributed by atoms with van der Waals surface area (Å²) in [6, 6.07) is 22.9. The molecular weight excluding hydrogens is 642 g/mol. The molecule has 0 radical (unpaired) electrons. The number of carbonyl (C=O) groups excluding carboxylic acids is 2. The van der Waals surface area contributed by atoms with Gasteiger partial charge >= 0.3 is 6.09 Å². The second-order valence-electron chi connectivity index (χ2n) is 15.1. The highest BCUT2D eigenvalue weighted by Crippen LogP contribution is 2.59. The van der Waals surface area contributed by atoms with Crippen molar-refractivity contribution in [2.45, 2.75) is 95.4 Å². The standard InChI is InChI=1S/C43H49NO7/c1-29-8-5-20-42(2)38(36-18-14-30(24-33(45)16-13-29)25-37(36)40(46)39-12-7-23-50-39)19-21-43(42,48)28-44(27-35-11-6-22-49-35)41(47)51-34-17-15-31-9-3-4-10-32(31)26-34/h3-4,7-10,12,14-15,17-18,23,25-26,33,35,38,45,48H,5-6,11,13,16,19-22,24,27-28H2,1-2H3/t33-,35+,38-,42-,43+/m0/s1. The number of carbonyl (C=O) groups is 2. The lowest BCUT2D eigenvalue weighted by molar-refractivity contribution is -0.0831. The van der Waals surface area contributed by atoms with Crippen LogP contribution < -0.4 is 4.74 Å². The number of aliphatic hydroxyl groups excluding tert-OH is 1. The highest BCUT2D eigenvalue weighted by Gasteiger charge is 2.58. The highest BCUT2D eigenvalue weighted by molar-refractivity contribution is 6.08. The van der Waals surface area contributed by atoms with Gasteiger partial charge in [-0.05, 0) is 123 Å². The van der Waals surface area contributed by atoms with Gasteiger partial charge in [0.2, 0.25) is 5.78 Å². The molecule has 8 rings (SSSR count). The smallest absolute Gasteiger partial charge is 0.415 e. The molecule has 8 heteroatoms. The Balaban J connectivity index is 1.25. The van der Waals surface area contributed by atoms with E-state index in [1.165, 1.54) is 11.8 Å². The van der Waals surface area contributed by atoms with Gasteiger partial charge in [0.05, 0.1) is 37.2 Å². The van der Waals surface area contributed by atoms with E-state index in [1.807, 2.05) is 54.6 Å². The van der Waals surface area contributed by atoms with Crippen molar-refractivity contribution in [3.63, 3.8) is 0 Å². The molecule has 1 saturated heterocycles. The van der Waals surface area contributed by atoms with Gasteiger partial charge in [-0.1, -0.05) is 61.0 Å². The summed E-state index contributed by atoms with van der Waals surface area (Å²) in [5, 5.41) is 25.9. The molecule has 0 spiro atoms. The SMILES string of the molecule is CC1=CCC[C@@]2(C)[C@@H](CC[C@@]2(O)CN(C[C@H]2CCCO2)C(=O)Oc2ccc3ccccc3c2)c2ccc(cc2C(=O)c2ccco2)C[C@@H](O)CC1. The summed E-state index contributed by atoms with van der Waals surface area (Å²) in [5.41, 5.74) is 1.46. The van der Waals surface area contributed by atoms with E-state index in [-0.39, 0.29) is 30.1 Å². The Morgan fingerprint density at radius 1 is 0.980 bits per heavy atom. The molecule has 5 atom stereocenters. The van der Waals surface area contributed by atoms with Gasteiger partial charge < -0.3 is 29.0 Å². The van der Waals surface area contributed by atoms with E-state index in [0.717, 1.165) is 41.2 Å². The largest absolute Gasteiger partial charge is 0.461 e. The van der Waals surface area contributed by atoms with E-state index in [2.05, 4.69) is 19.9 Å². The quantitative estimate of drug-likeness (QED) is 0.148. The molecule has 3 aromatic carbocycles. The number of amides is 1. The lowest BCUT2D eigenvalue weighted by Gasteiger charge is -2.46. The Labute approximate surface area is 300 Å². The number of aliphatic hydroxyl groups is 2. The van der Waals surface area contributed by atoms with Crippen LogP contribution >= 0.6 is 0 Å². The molecule has 4 aliphatic rings. The molecule has 1 saturated carbocycles. The van der Waals surface area contributed by atoms with Crippen LogP contribution in [0.4, 0.5) is 4.79 Å². The number of allylic oxidation sites excluding steroid dienone is 2. The zero-order valence-corrected chi connectivity index (χ0v) is 29.7. The van der Waals surface area contributed by atoms with Crippen molar-refractivity contribution < 1.29 is 33.7 Å². The predicted molar refractivity (Wildman–Crippen MR) is 196 cm³/mol. The van der Waals surface area contributed by atoms with E-state index in [9.17, 15) is 19.8 Å². The van der Waals surface area contributed by atoms with Crippen molar-refractivity contribution in [3.8, 4) is 5.75 Å². The molecule has 0 unspecified atom stereocenters. The minimum atomic E-state index is -1.29. The van der Waals surface area contributed by atoms with Gasteiger partial charge in [0, 0.05) is 17.6 Å². The first-order chi connectivity index (χ1) is 24.6. The van der Waals surface area contributed by atoms with Gasteiger partial charge in [0.15, 0.2) is 5.76 Å². The van der Waals surface area contributed by atoms with Crippen LogP contribution in [-0.2, 0) is 11.2 Å². The van der Waals surface area contributed by atoms with Crippen molar-refractivity contribution in [2.75, 3.05) is 19.7 Å². The van der Waals surface area contributed by atoms with Crippen LogP contribution in [0.25, 0.3) is 10.8 Å². The highest BCUT2D eigenvalue weighted by atomic mass is 16.6. The predicted octanol–water partition coefficient (Wildman–Crippen LogP) is 8.38. The second kappa shape index (κ2) is 14.8. The summed E-state index contributed by atoms with van der Waals surface area (Å²) >= 11 is 0. The molecular formula is C43H49NO7. The topological polar surface area (TPSA) is 109 Å². The molecule has 2 N–H and O–H groups in total. The third-order valence-electron chi connectivity index (χ3n) is 11.7. The maximum absolute atomic E-state index is 14.1. The second-order valence-corrected chi connectivity index (χ2v) is 15.1. The monoisotopic (exact) mass is 691 g/mol. The molecule has 1 aromatic heterocycles. The average molecular weight is 692 g/mol. The van der Waals surface area contributed by atoms with E-state index >= 15 is 0 Å². The summed E-state index contributed by atoms with van der Waals surface area (Å²) in [6.45, 7) is 5.25. The molecule has 1 aliphatic heterocycles. The van der Waals surface area contributed by atoms with Crippen molar-refractivity contribution in [3.05, 3.63) is 113 Å². The number of rotatable bonds is 7. The Hall–Kier alpha value is -4.24. The van der Waals surface area contributed by atoms with Crippen molar-refractivity contribution in [1.82, 2.24) is 4.90 Å². The van der Waals surface area contributed by atoms with Crippen LogP contribution in [0.15, 0.2) is 95.1 Å². The lowest BCUT2D eigenvalue weighted by Crippen LogP contribution is -2.55. The van der Waals surface area contributed by atoms with Crippen LogP contribution in [-0.4, -0.2) is 64.5 Å². The van der Waals surface area contributed by atoms with E-state index in [0.29, 0.717) is 63.0 Å².